The van der Waals surface area contributed by atoms with Crippen LogP contribution in [0.1, 0.15) is 5.56 Å². The molecule has 2 rings (SSSR count). The summed E-state index contributed by atoms with van der Waals surface area (Å²) in [5, 5.41) is 10.5. The molecule has 12 heteroatoms. The van der Waals surface area contributed by atoms with Gasteiger partial charge in [-0.2, -0.15) is 13.2 Å². The Balaban J connectivity index is 2.11. The lowest BCUT2D eigenvalue weighted by Gasteiger charge is -2.10. The molecule has 1 aromatic heterocycles. The highest BCUT2D eigenvalue weighted by Crippen LogP contribution is 2.34. The molecule has 8 nitrogen and oxygen atoms in total. The van der Waals surface area contributed by atoms with E-state index in [4.69, 9.17) is 16.3 Å². The minimum atomic E-state index is -4.56. The molecule has 0 fully saturated rings. The van der Waals surface area contributed by atoms with E-state index >= 15 is 0 Å². The number of halogens is 4. The fourth-order valence-electron chi connectivity index (χ4n) is 1.76. The van der Waals surface area contributed by atoms with E-state index in [2.05, 4.69) is 20.3 Å². The van der Waals surface area contributed by atoms with E-state index in [1.54, 1.807) is 0 Å². The quantitative estimate of drug-likeness (QED) is 0.405. The first-order valence-corrected chi connectivity index (χ1v) is 7.76. The zero-order valence-corrected chi connectivity index (χ0v) is 14.9. The zero-order chi connectivity index (χ0) is 20.7. The zero-order valence-electron chi connectivity index (χ0n) is 14.1. The molecule has 0 aliphatic rings. The summed E-state index contributed by atoms with van der Waals surface area (Å²) in [5.41, 5.74) is 1.24. The third kappa shape index (κ3) is 5.93. The van der Waals surface area contributed by atoms with E-state index in [0.29, 0.717) is 18.0 Å². The fraction of sp³-hybridized carbons (Fsp3) is 0.125. The molecule has 0 bridgehead atoms. The summed E-state index contributed by atoms with van der Waals surface area (Å²) >= 11 is 5.78. The first kappa shape index (κ1) is 21.1. The summed E-state index contributed by atoms with van der Waals surface area (Å²) in [6.07, 6.45) is -1.93. The van der Waals surface area contributed by atoms with Gasteiger partial charge in [-0.15, -0.1) is 0 Å². The Kier molecular flexibility index (Phi) is 6.90. The molecule has 0 radical (unpaired) electrons. The van der Waals surface area contributed by atoms with E-state index in [1.165, 1.54) is 31.4 Å². The smallest absolute Gasteiger partial charge is 0.417 e. The van der Waals surface area contributed by atoms with Gasteiger partial charge in [-0.05, 0) is 30.3 Å². The van der Waals surface area contributed by atoms with Crippen LogP contribution >= 0.6 is 11.6 Å². The number of nitrogens with zero attached hydrogens (tertiary/aromatic N) is 3. The minimum absolute atomic E-state index is 0.199. The molecular weight excluding hydrogens is 405 g/mol. The van der Waals surface area contributed by atoms with Gasteiger partial charge in [0.05, 0.1) is 23.3 Å². The summed E-state index contributed by atoms with van der Waals surface area (Å²) in [5.74, 6) is 0.0364. The predicted molar refractivity (Wildman–Crippen MR) is 94.1 cm³/mol. The van der Waals surface area contributed by atoms with Gasteiger partial charge in [0.25, 0.3) is 0 Å². The van der Waals surface area contributed by atoms with Crippen LogP contribution in [0, 0.1) is 10.1 Å². The van der Waals surface area contributed by atoms with Gasteiger partial charge in [-0.3, -0.25) is 20.4 Å². The molecule has 0 saturated heterocycles. The highest BCUT2D eigenvalue weighted by molar-refractivity contribution is 6.31. The van der Waals surface area contributed by atoms with E-state index in [1.807, 2.05) is 0 Å². The SMILES string of the molecule is CON/C=C(\C=Nc1ccc(Oc2ncc(C(F)(F)F)cc2Cl)cc1)[N+](=O)[O-]. The number of pyridine rings is 1. The number of hydrogen-bond acceptors (Lipinski definition) is 7. The van der Waals surface area contributed by atoms with Crippen LogP contribution in [-0.4, -0.2) is 23.2 Å². The average molecular weight is 417 g/mol. The minimum Gasteiger partial charge on any atom is -0.438 e. The van der Waals surface area contributed by atoms with Gasteiger partial charge in [0.15, 0.2) is 0 Å². The number of hydroxylamine groups is 1. The Morgan fingerprint density at radius 1 is 1.36 bits per heavy atom. The van der Waals surface area contributed by atoms with Crippen LogP contribution in [0.4, 0.5) is 18.9 Å². The topological polar surface area (TPSA) is 98.9 Å². The van der Waals surface area contributed by atoms with Crippen molar-refractivity contribution in [3.05, 3.63) is 69.1 Å². The highest BCUT2D eigenvalue weighted by atomic mass is 35.5. The van der Waals surface area contributed by atoms with Gasteiger partial charge >= 0.3 is 11.9 Å². The molecular formula is C16H12ClF3N4O4. The van der Waals surface area contributed by atoms with Crippen molar-refractivity contribution >= 4 is 23.5 Å². The number of allylic oxidation sites excluding steroid dienone is 1. The number of aliphatic imine (C=N–C) groups is 1. The van der Waals surface area contributed by atoms with Gasteiger partial charge in [-0.1, -0.05) is 11.6 Å². The molecule has 1 heterocycles. The second-order valence-corrected chi connectivity index (χ2v) is 5.42. The Bertz CT molecular complexity index is 902. The normalized spacial score (nSPS) is 12.2. The van der Waals surface area contributed by atoms with Gasteiger partial charge < -0.3 is 4.74 Å². The Morgan fingerprint density at radius 3 is 2.57 bits per heavy atom. The summed E-state index contributed by atoms with van der Waals surface area (Å²) in [6, 6.07) is 6.56. The molecule has 148 valence electrons. The molecule has 0 aliphatic heterocycles. The van der Waals surface area contributed by atoms with Crippen molar-refractivity contribution in [2.75, 3.05) is 7.11 Å². The van der Waals surface area contributed by atoms with Crippen molar-refractivity contribution in [1.82, 2.24) is 10.5 Å². The molecule has 0 amide bonds. The molecule has 1 aromatic carbocycles. The van der Waals surface area contributed by atoms with Gasteiger partial charge in [-0.25, -0.2) is 9.98 Å². The highest BCUT2D eigenvalue weighted by Gasteiger charge is 2.31. The summed E-state index contributed by atoms with van der Waals surface area (Å²) in [4.78, 5) is 22.2. The molecule has 0 spiro atoms. The van der Waals surface area contributed by atoms with Crippen LogP contribution in [0.5, 0.6) is 11.6 Å². The molecule has 28 heavy (non-hydrogen) atoms. The van der Waals surface area contributed by atoms with Crippen LogP contribution in [0.15, 0.2) is 53.4 Å². The number of benzene rings is 1. The lowest BCUT2D eigenvalue weighted by atomic mass is 10.3. The second-order valence-electron chi connectivity index (χ2n) is 5.01. The maximum atomic E-state index is 12.6. The molecule has 0 atom stereocenters. The molecule has 2 aromatic rings. The van der Waals surface area contributed by atoms with Gasteiger partial charge in [0, 0.05) is 6.20 Å². The number of rotatable bonds is 7. The Labute approximate surface area is 161 Å². The maximum absolute atomic E-state index is 12.6. The van der Waals surface area contributed by atoms with E-state index in [9.17, 15) is 23.3 Å². The van der Waals surface area contributed by atoms with E-state index in [-0.39, 0.29) is 22.3 Å². The number of ether oxygens (including phenoxy) is 1. The van der Waals surface area contributed by atoms with Crippen LogP contribution in [0.3, 0.4) is 0 Å². The lowest BCUT2D eigenvalue weighted by molar-refractivity contribution is -0.415. The predicted octanol–water partition coefficient (Wildman–Crippen LogP) is 4.52. The van der Waals surface area contributed by atoms with E-state index in [0.717, 1.165) is 12.4 Å². The largest absolute Gasteiger partial charge is 0.438 e. The van der Waals surface area contributed by atoms with Crippen LogP contribution in [0.25, 0.3) is 0 Å². The summed E-state index contributed by atoms with van der Waals surface area (Å²) < 4.78 is 43.2. The van der Waals surface area contributed by atoms with Crippen LogP contribution in [0.2, 0.25) is 5.02 Å². The van der Waals surface area contributed by atoms with Gasteiger partial charge in [0.2, 0.25) is 5.88 Å². The van der Waals surface area contributed by atoms with Gasteiger partial charge in [0.1, 0.15) is 23.2 Å². The average Bonchev–Trinajstić information content (AvgIpc) is 2.63. The number of nitrogens with one attached hydrogen (secondary N) is 1. The van der Waals surface area contributed by atoms with Crippen molar-refractivity contribution < 1.29 is 27.7 Å². The van der Waals surface area contributed by atoms with Crippen LogP contribution in [-0.2, 0) is 11.0 Å². The number of alkyl halides is 3. The molecule has 0 saturated carbocycles. The summed E-state index contributed by atoms with van der Waals surface area (Å²) in [6.45, 7) is 0. The standard InChI is InChI=1S/C16H12ClF3N4O4/c1-27-23-9-12(24(25)26)8-21-11-2-4-13(5-3-11)28-15-14(17)6-10(7-22-15)16(18,19)20/h2-9,23H,1H3/b12-9+,21-8?. The van der Waals surface area contributed by atoms with E-state index < -0.39 is 16.7 Å². The third-order valence-electron chi connectivity index (χ3n) is 3.07. The maximum Gasteiger partial charge on any atom is 0.417 e. The van der Waals surface area contributed by atoms with Crippen molar-refractivity contribution in [2.45, 2.75) is 6.18 Å². The molecule has 0 aliphatic carbocycles. The monoisotopic (exact) mass is 416 g/mol. The number of nitro groups is 1. The first-order chi connectivity index (χ1) is 13.2. The number of aromatic nitrogens is 1. The van der Waals surface area contributed by atoms with Crippen molar-refractivity contribution in [1.29, 1.82) is 0 Å². The fourth-order valence-corrected chi connectivity index (χ4v) is 1.97. The molecule has 0 unspecified atom stereocenters. The summed E-state index contributed by atoms with van der Waals surface area (Å²) in [7, 11) is 1.29. The molecule has 1 N–H and O–H groups in total. The van der Waals surface area contributed by atoms with Crippen LogP contribution < -0.4 is 10.2 Å². The number of hydrogen-bond donors (Lipinski definition) is 1. The van der Waals surface area contributed by atoms with Crippen molar-refractivity contribution in [2.24, 2.45) is 4.99 Å². The van der Waals surface area contributed by atoms with Crippen molar-refractivity contribution in [3.63, 3.8) is 0 Å². The second kappa shape index (κ2) is 9.15. The first-order valence-electron chi connectivity index (χ1n) is 7.38. The van der Waals surface area contributed by atoms with Crippen molar-refractivity contribution in [3.8, 4) is 11.6 Å². The Morgan fingerprint density at radius 2 is 2.04 bits per heavy atom. The third-order valence-corrected chi connectivity index (χ3v) is 3.34. The Hall–Kier alpha value is -3.18. The lowest BCUT2D eigenvalue weighted by Crippen LogP contribution is -2.08.